The average molecular weight is 291 g/mol. The minimum atomic E-state index is -4.93. The van der Waals surface area contributed by atoms with Crippen molar-refractivity contribution >= 4 is 23.1 Å². The number of aromatic nitrogens is 1. The Balaban J connectivity index is 2.80. The summed E-state index contributed by atoms with van der Waals surface area (Å²) in [5, 5.41) is 0. The van der Waals surface area contributed by atoms with E-state index < -0.39 is 12.1 Å². The predicted octanol–water partition coefficient (Wildman–Crippen LogP) is 1.65. The van der Waals surface area contributed by atoms with E-state index >= 15 is 0 Å². The number of nitrogens with zero attached hydrogens (tertiary/aromatic N) is 2. The number of hydrogen-bond donors (Lipinski definition) is 1. The number of carbonyl (C=O) groups excluding carboxylic acids is 1. The van der Waals surface area contributed by atoms with E-state index in [2.05, 4.69) is 17.2 Å². The third-order valence-electron chi connectivity index (χ3n) is 2.24. The minimum Gasteiger partial charge on any atom is -0.393 e. The van der Waals surface area contributed by atoms with Crippen molar-refractivity contribution in [3.8, 4) is 0 Å². The molecule has 1 rings (SSSR count). The highest BCUT2D eigenvalue weighted by Gasteiger charge is 2.42. The van der Waals surface area contributed by atoms with E-state index in [1.54, 1.807) is 12.1 Å². The van der Waals surface area contributed by atoms with Gasteiger partial charge in [0, 0.05) is 19.2 Å². The summed E-state index contributed by atoms with van der Waals surface area (Å²) < 4.78 is 37.4. The third kappa shape index (κ3) is 5.21. The van der Waals surface area contributed by atoms with Crippen LogP contribution in [0.3, 0.4) is 0 Å². The van der Waals surface area contributed by atoms with Gasteiger partial charge in [-0.3, -0.25) is 9.78 Å². The highest BCUT2D eigenvalue weighted by molar-refractivity contribution is 7.80. The first-order chi connectivity index (χ1) is 8.80. The molecule has 0 spiro atoms. The van der Waals surface area contributed by atoms with Gasteiger partial charge in [-0.15, -0.1) is 0 Å². The van der Waals surface area contributed by atoms with Gasteiger partial charge in [-0.05, 0) is 12.1 Å². The molecule has 104 valence electrons. The lowest BCUT2D eigenvalue weighted by molar-refractivity contribution is -0.186. The molecule has 0 bridgehead atoms. The van der Waals surface area contributed by atoms with Crippen molar-refractivity contribution in [1.82, 2.24) is 9.88 Å². The normalized spacial score (nSPS) is 11.1. The summed E-state index contributed by atoms with van der Waals surface area (Å²) in [6.07, 6.45) is -3.45. The van der Waals surface area contributed by atoms with E-state index in [0.29, 0.717) is 10.6 Å². The van der Waals surface area contributed by atoms with Gasteiger partial charge in [0.05, 0.1) is 17.2 Å². The van der Waals surface area contributed by atoms with Crippen LogP contribution in [0.4, 0.5) is 13.2 Å². The van der Waals surface area contributed by atoms with Crippen LogP contribution in [-0.4, -0.2) is 33.5 Å². The van der Waals surface area contributed by atoms with Gasteiger partial charge in [0.25, 0.3) is 0 Å². The Morgan fingerprint density at radius 2 is 2.11 bits per heavy atom. The van der Waals surface area contributed by atoms with Gasteiger partial charge in [0.2, 0.25) is 0 Å². The maximum Gasteiger partial charge on any atom is 0.471 e. The zero-order valence-corrected chi connectivity index (χ0v) is 10.7. The Hall–Kier alpha value is -1.70. The number of halogens is 3. The summed E-state index contributed by atoms with van der Waals surface area (Å²) in [5.74, 6) is -1.92. The Morgan fingerprint density at radius 3 is 2.58 bits per heavy atom. The first kappa shape index (κ1) is 15.4. The van der Waals surface area contributed by atoms with Crippen LogP contribution in [0.15, 0.2) is 24.4 Å². The first-order valence-electron chi connectivity index (χ1n) is 5.35. The Labute approximate surface area is 113 Å². The van der Waals surface area contributed by atoms with Crippen molar-refractivity contribution in [3.05, 3.63) is 30.1 Å². The largest absolute Gasteiger partial charge is 0.471 e. The molecule has 1 heterocycles. The van der Waals surface area contributed by atoms with Crippen molar-refractivity contribution in [2.75, 3.05) is 6.54 Å². The van der Waals surface area contributed by atoms with Gasteiger partial charge in [0.1, 0.15) is 0 Å². The van der Waals surface area contributed by atoms with E-state index in [9.17, 15) is 18.0 Å². The van der Waals surface area contributed by atoms with E-state index in [0.717, 1.165) is 0 Å². The molecule has 0 aliphatic carbocycles. The molecule has 0 atom stereocenters. The van der Waals surface area contributed by atoms with Crippen LogP contribution in [-0.2, 0) is 11.3 Å². The number of hydrogen-bond acceptors (Lipinski definition) is 3. The van der Waals surface area contributed by atoms with Crippen LogP contribution in [0, 0.1) is 0 Å². The maximum atomic E-state index is 12.5. The van der Waals surface area contributed by atoms with Crippen LogP contribution in [0.5, 0.6) is 0 Å². The number of carbonyl (C=O) groups is 1. The van der Waals surface area contributed by atoms with Crippen molar-refractivity contribution in [1.29, 1.82) is 0 Å². The van der Waals surface area contributed by atoms with Crippen LogP contribution in [0.1, 0.15) is 12.1 Å². The van der Waals surface area contributed by atoms with Crippen molar-refractivity contribution < 1.29 is 18.0 Å². The fourth-order valence-corrected chi connectivity index (χ4v) is 1.46. The lowest BCUT2D eigenvalue weighted by Gasteiger charge is -2.23. The Kier molecular flexibility index (Phi) is 5.22. The lowest BCUT2D eigenvalue weighted by atomic mass is 10.3. The van der Waals surface area contributed by atoms with Crippen LogP contribution in [0.25, 0.3) is 0 Å². The molecule has 0 aliphatic rings. The topological polar surface area (TPSA) is 59.2 Å². The number of alkyl halides is 3. The summed E-state index contributed by atoms with van der Waals surface area (Å²) in [5.41, 5.74) is 5.60. The minimum absolute atomic E-state index is 0.0317. The number of thiocarbonyl (C=S) groups is 1. The second kappa shape index (κ2) is 6.46. The number of pyridine rings is 1. The summed E-state index contributed by atoms with van der Waals surface area (Å²) in [6, 6.07) is 4.80. The van der Waals surface area contributed by atoms with Gasteiger partial charge in [-0.1, -0.05) is 18.3 Å². The number of nitrogens with two attached hydrogens (primary N) is 1. The zero-order chi connectivity index (χ0) is 14.5. The second-order valence-corrected chi connectivity index (χ2v) is 4.29. The van der Waals surface area contributed by atoms with Crippen molar-refractivity contribution in [2.24, 2.45) is 5.73 Å². The monoisotopic (exact) mass is 291 g/mol. The van der Waals surface area contributed by atoms with Gasteiger partial charge in [0.15, 0.2) is 0 Å². The van der Waals surface area contributed by atoms with Crippen LogP contribution < -0.4 is 5.73 Å². The lowest BCUT2D eigenvalue weighted by Crippen LogP contribution is -2.42. The Bertz CT molecular complexity index is 450. The van der Waals surface area contributed by atoms with Gasteiger partial charge >= 0.3 is 12.1 Å². The van der Waals surface area contributed by atoms with Gasteiger partial charge in [-0.25, -0.2) is 0 Å². The molecule has 1 amide bonds. The van der Waals surface area contributed by atoms with Crippen LogP contribution in [0.2, 0.25) is 0 Å². The van der Waals surface area contributed by atoms with E-state index in [-0.39, 0.29) is 24.5 Å². The molecule has 0 fully saturated rings. The Morgan fingerprint density at radius 1 is 1.42 bits per heavy atom. The standard InChI is InChI=1S/C11H12F3N3OS/c12-11(13,14)10(18)17(6-4-9(15)19)7-8-3-1-2-5-16-8/h1-3,5H,4,6-7H2,(H2,15,19). The molecule has 4 nitrogen and oxygen atoms in total. The molecule has 0 aliphatic heterocycles. The molecule has 0 unspecified atom stereocenters. The predicted molar refractivity (Wildman–Crippen MR) is 67.1 cm³/mol. The van der Waals surface area contributed by atoms with Crippen LogP contribution >= 0.6 is 12.2 Å². The van der Waals surface area contributed by atoms with Gasteiger partial charge < -0.3 is 10.6 Å². The second-order valence-electron chi connectivity index (χ2n) is 3.76. The van der Waals surface area contributed by atoms with Crippen molar-refractivity contribution in [2.45, 2.75) is 19.1 Å². The molecule has 8 heteroatoms. The summed E-state index contributed by atoms with van der Waals surface area (Å²) in [4.78, 5) is 15.9. The fourth-order valence-electron chi connectivity index (χ4n) is 1.36. The van der Waals surface area contributed by atoms with Crippen molar-refractivity contribution in [3.63, 3.8) is 0 Å². The molecule has 0 saturated carbocycles. The number of rotatable bonds is 5. The highest BCUT2D eigenvalue weighted by Crippen LogP contribution is 2.19. The summed E-state index contributed by atoms with van der Waals surface area (Å²) in [6.45, 7) is -0.425. The summed E-state index contributed by atoms with van der Waals surface area (Å²) >= 11 is 4.60. The third-order valence-corrected chi connectivity index (χ3v) is 2.44. The van der Waals surface area contributed by atoms with Gasteiger partial charge in [-0.2, -0.15) is 13.2 Å². The molecule has 2 N–H and O–H groups in total. The number of amides is 1. The quantitative estimate of drug-likeness (QED) is 0.838. The van der Waals surface area contributed by atoms with E-state index in [1.165, 1.54) is 12.3 Å². The molecule has 1 aromatic rings. The molecule has 0 radical (unpaired) electrons. The molecule has 1 aromatic heterocycles. The molecule has 19 heavy (non-hydrogen) atoms. The molecule has 0 saturated heterocycles. The maximum absolute atomic E-state index is 12.5. The first-order valence-corrected chi connectivity index (χ1v) is 5.76. The molecule has 0 aromatic carbocycles. The average Bonchev–Trinajstić information content (AvgIpc) is 2.33. The molecular formula is C11H12F3N3OS. The smallest absolute Gasteiger partial charge is 0.393 e. The SMILES string of the molecule is NC(=S)CCN(Cc1ccccn1)C(=O)C(F)(F)F. The van der Waals surface area contributed by atoms with E-state index in [4.69, 9.17) is 5.73 Å². The zero-order valence-electron chi connectivity index (χ0n) is 9.85. The van der Waals surface area contributed by atoms with E-state index in [1.807, 2.05) is 0 Å². The fraction of sp³-hybridized carbons (Fsp3) is 0.364. The highest BCUT2D eigenvalue weighted by atomic mass is 32.1. The molecular weight excluding hydrogens is 279 g/mol. The summed E-state index contributed by atoms with van der Waals surface area (Å²) in [7, 11) is 0.